The minimum absolute atomic E-state index is 0.000744. The molecule has 3 unspecified atom stereocenters. The summed E-state index contributed by atoms with van der Waals surface area (Å²) >= 11 is 0. The van der Waals surface area contributed by atoms with Gasteiger partial charge in [0.1, 0.15) is 6.61 Å². The van der Waals surface area contributed by atoms with E-state index in [0.717, 1.165) is 25.7 Å². The van der Waals surface area contributed by atoms with E-state index in [4.69, 9.17) is 4.74 Å². The van der Waals surface area contributed by atoms with E-state index in [1.54, 1.807) is 6.92 Å². The molecule has 0 fully saturated rings. The minimum atomic E-state index is -1.68. The van der Waals surface area contributed by atoms with Crippen molar-refractivity contribution in [3.05, 3.63) is 24.3 Å². The Bertz CT molecular complexity index is 408. The third kappa shape index (κ3) is 10.1. The van der Waals surface area contributed by atoms with Crippen LogP contribution in [0.25, 0.3) is 0 Å². The zero-order valence-corrected chi connectivity index (χ0v) is 15.0. The van der Waals surface area contributed by atoms with E-state index in [1.807, 2.05) is 0 Å². The number of aliphatic hydroxyl groups is 1. The smallest absolute Gasteiger partial charge is 0.343 e. The fraction of sp³-hybridized carbons (Fsp3) is 0.684. The van der Waals surface area contributed by atoms with Crippen LogP contribution < -0.4 is 0 Å². The molecule has 4 heteroatoms. The van der Waals surface area contributed by atoms with Gasteiger partial charge in [0.25, 0.3) is 0 Å². The number of ketones is 1. The molecule has 0 aromatic heterocycles. The number of aliphatic hydroxyl groups excluding tert-OH is 1. The van der Waals surface area contributed by atoms with Gasteiger partial charge in [-0.05, 0) is 39.0 Å². The molecule has 132 valence electrons. The summed E-state index contributed by atoms with van der Waals surface area (Å²) in [6.07, 6.45) is 6.83. The molecule has 3 atom stereocenters. The lowest BCUT2D eigenvalue weighted by Crippen LogP contribution is -2.35. The molecule has 0 aliphatic rings. The summed E-state index contributed by atoms with van der Waals surface area (Å²) in [6, 6.07) is 0. The summed E-state index contributed by atoms with van der Waals surface area (Å²) in [6.45, 7) is 11.6. The maximum atomic E-state index is 12.0. The van der Waals surface area contributed by atoms with Crippen molar-refractivity contribution in [2.24, 2.45) is 11.8 Å². The fourth-order valence-corrected chi connectivity index (χ4v) is 2.32. The Balaban J connectivity index is 4.06. The number of carbonyl (C=O) groups excluding carboxylic acids is 2. The first-order chi connectivity index (χ1) is 10.8. The minimum Gasteiger partial charge on any atom is -0.459 e. The van der Waals surface area contributed by atoms with Gasteiger partial charge in [-0.15, -0.1) is 0 Å². The predicted molar refractivity (Wildman–Crippen MR) is 93.0 cm³/mol. The van der Waals surface area contributed by atoms with E-state index in [-0.39, 0.29) is 12.5 Å². The quantitative estimate of drug-likeness (QED) is 0.336. The Kier molecular flexibility index (Phi) is 11.3. The fourth-order valence-electron chi connectivity index (χ4n) is 2.32. The molecule has 0 bridgehead atoms. The number of hydrogen-bond acceptors (Lipinski definition) is 4. The largest absolute Gasteiger partial charge is 0.459 e. The molecule has 0 aliphatic carbocycles. The zero-order valence-electron chi connectivity index (χ0n) is 15.0. The monoisotopic (exact) mass is 324 g/mol. The third-order valence-electron chi connectivity index (χ3n) is 3.87. The Morgan fingerprint density at radius 3 is 2.39 bits per heavy atom. The van der Waals surface area contributed by atoms with Crippen molar-refractivity contribution in [3.8, 4) is 0 Å². The highest BCUT2D eigenvalue weighted by Crippen LogP contribution is 2.18. The van der Waals surface area contributed by atoms with E-state index < -0.39 is 17.9 Å². The average molecular weight is 324 g/mol. The van der Waals surface area contributed by atoms with E-state index in [9.17, 15) is 14.7 Å². The Labute approximate surface area is 140 Å². The third-order valence-corrected chi connectivity index (χ3v) is 3.87. The van der Waals surface area contributed by atoms with Gasteiger partial charge in [0.05, 0.1) is 0 Å². The molecule has 0 saturated carbocycles. The molecule has 0 aliphatic heterocycles. The topological polar surface area (TPSA) is 63.6 Å². The number of hydrogen-bond donors (Lipinski definition) is 1. The molecule has 0 heterocycles. The highest BCUT2D eigenvalue weighted by molar-refractivity contribution is 6.02. The molecule has 0 aromatic rings. The van der Waals surface area contributed by atoms with Crippen molar-refractivity contribution < 1.29 is 19.4 Å². The summed E-state index contributed by atoms with van der Waals surface area (Å²) in [5, 5.41) is 9.70. The van der Waals surface area contributed by atoms with Crippen LogP contribution >= 0.6 is 0 Å². The molecule has 0 amide bonds. The van der Waals surface area contributed by atoms with Crippen LogP contribution in [0.2, 0.25) is 0 Å². The highest BCUT2D eigenvalue weighted by Gasteiger charge is 2.28. The molecule has 0 saturated heterocycles. The van der Waals surface area contributed by atoms with Gasteiger partial charge in [0, 0.05) is 5.92 Å². The second-order valence-electron chi connectivity index (χ2n) is 6.52. The second kappa shape index (κ2) is 12.1. The van der Waals surface area contributed by atoms with Gasteiger partial charge in [-0.3, -0.25) is 4.79 Å². The Morgan fingerprint density at radius 1 is 1.17 bits per heavy atom. The van der Waals surface area contributed by atoms with Crippen molar-refractivity contribution in [1.82, 2.24) is 0 Å². The first-order valence-electron chi connectivity index (χ1n) is 8.42. The van der Waals surface area contributed by atoms with E-state index in [0.29, 0.717) is 12.3 Å². The lowest BCUT2D eigenvalue weighted by atomic mass is 9.92. The van der Waals surface area contributed by atoms with Crippen LogP contribution in [0.15, 0.2) is 24.3 Å². The van der Waals surface area contributed by atoms with Crippen LogP contribution in [0.5, 0.6) is 0 Å². The van der Waals surface area contributed by atoms with Crippen LogP contribution in [0.4, 0.5) is 0 Å². The molecule has 0 radical (unpaired) electrons. The summed E-state index contributed by atoms with van der Waals surface area (Å²) in [7, 11) is 0. The SMILES string of the molecule is C=CCOC(=O)C(O)C(=O)C(C)CCCC(C)CCC=C(C)C. The van der Waals surface area contributed by atoms with Crippen LogP contribution in [-0.2, 0) is 14.3 Å². The average Bonchev–Trinajstić information content (AvgIpc) is 2.50. The van der Waals surface area contributed by atoms with Crippen molar-refractivity contribution in [3.63, 3.8) is 0 Å². The summed E-state index contributed by atoms with van der Waals surface area (Å²) < 4.78 is 4.70. The van der Waals surface area contributed by atoms with Crippen LogP contribution in [0.1, 0.15) is 59.8 Å². The standard InChI is InChI=1S/C19H32O4/c1-6-13-23-19(22)18(21)17(20)16(5)12-8-11-15(4)10-7-9-14(2)3/h6,9,15-16,18,21H,1,7-8,10-13H2,2-5H3. The van der Waals surface area contributed by atoms with Gasteiger partial charge in [-0.25, -0.2) is 4.79 Å². The lowest BCUT2D eigenvalue weighted by Gasteiger charge is -2.16. The first-order valence-corrected chi connectivity index (χ1v) is 8.42. The predicted octanol–water partition coefficient (Wildman–Crippen LogP) is 3.83. The van der Waals surface area contributed by atoms with Crippen LogP contribution in [0, 0.1) is 11.8 Å². The van der Waals surface area contributed by atoms with Crippen molar-refractivity contribution in [1.29, 1.82) is 0 Å². The second-order valence-corrected chi connectivity index (χ2v) is 6.52. The molecular weight excluding hydrogens is 292 g/mol. The lowest BCUT2D eigenvalue weighted by molar-refractivity contribution is -0.157. The zero-order chi connectivity index (χ0) is 17.8. The maximum absolute atomic E-state index is 12.0. The highest BCUT2D eigenvalue weighted by atomic mass is 16.5. The number of Topliss-reactive ketones (excluding diaryl/α,β-unsaturated/α-hetero) is 1. The van der Waals surface area contributed by atoms with Gasteiger partial charge in [0.15, 0.2) is 5.78 Å². The van der Waals surface area contributed by atoms with Crippen LogP contribution in [-0.4, -0.2) is 29.6 Å². The first kappa shape index (κ1) is 21.6. The van der Waals surface area contributed by atoms with Gasteiger partial charge in [-0.1, -0.05) is 51.0 Å². The van der Waals surface area contributed by atoms with E-state index in [1.165, 1.54) is 11.6 Å². The molecular formula is C19H32O4. The van der Waals surface area contributed by atoms with E-state index >= 15 is 0 Å². The maximum Gasteiger partial charge on any atom is 0.343 e. The summed E-state index contributed by atoms with van der Waals surface area (Å²) in [5.41, 5.74) is 1.34. The van der Waals surface area contributed by atoms with Gasteiger partial charge in [-0.2, -0.15) is 0 Å². The van der Waals surface area contributed by atoms with E-state index in [2.05, 4.69) is 33.4 Å². The summed E-state index contributed by atoms with van der Waals surface area (Å²) in [4.78, 5) is 23.4. The van der Waals surface area contributed by atoms with Gasteiger partial charge in [0.2, 0.25) is 6.10 Å². The Hall–Kier alpha value is -1.42. The van der Waals surface area contributed by atoms with Crippen molar-refractivity contribution in [2.45, 2.75) is 65.9 Å². The molecule has 0 spiro atoms. The molecule has 4 nitrogen and oxygen atoms in total. The number of ether oxygens (including phenoxy) is 1. The molecule has 1 N–H and O–H groups in total. The van der Waals surface area contributed by atoms with Gasteiger partial charge >= 0.3 is 5.97 Å². The summed E-state index contributed by atoms with van der Waals surface area (Å²) in [5.74, 6) is -1.09. The van der Waals surface area contributed by atoms with Gasteiger partial charge < -0.3 is 9.84 Å². The normalized spacial score (nSPS) is 14.5. The van der Waals surface area contributed by atoms with Crippen molar-refractivity contribution in [2.75, 3.05) is 6.61 Å². The molecule has 23 heavy (non-hydrogen) atoms. The molecule has 0 rings (SSSR count). The molecule has 0 aromatic carbocycles. The number of esters is 1. The van der Waals surface area contributed by atoms with Crippen molar-refractivity contribution >= 4 is 11.8 Å². The number of rotatable bonds is 12. The Morgan fingerprint density at radius 2 is 1.83 bits per heavy atom. The number of carbonyl (C=O) groups is 2. The van der Waals surface area contributed by atoms with Crippen LogP contribution in [0.3, 0.4) is 0 Å². The number of allylic oxidation sites excluding steroid dienone is 2.